The van der Waals surface area contributed by atoms with Gasteiger partial charge in [0.2, 0.25) is 0 Å². The molecule has 4 atom stereocenters. The zero-order chi connectivity index (χ0) is 21.0. The van der Waals surface area contributed by atoms with Gasteiger partial charge in [0.25, 0.3) is 0 Å². The summed E-state index contributed by atoms with van der Waals surface area (Å²) in [6.07, 6.45) is 1.83. The van der Waals surface area contributed by atoms with Crippen molar-refractivity contribution in [2.45, 2.75) is 23.5 Å². The summed E-state index contributed by atoms with van der Waals surface area (Å²) in [5.74, 6) is 2.01. The monoisotopic (exact) mass is 466 g/mol. The van der Waals surface area contributed by atoms with Crippen LogP contribution in [0.5, 0.6) is 5.75 Å². The first-order valence-corrected chi connectivity index (χ1v) is 12.8. The van der Waals surface area contributed by atoms with E-state index in [-0.39, 0.29) is 17.0 Å². The number of likely N-dealkylation sites (tertiary alicyclic amines) is 1. The summed E-state index contributed by atoms with van der Waals surface area (Å²) in [6.45, 7) is 4.25. The first-order valence-electron chi connectivity index (χ1n) is 10.2. The summed E-state index contributed by atoms with van der Waals surface area (Å²) >= 11 is 12.9. The van der Waals surface area contributed by atoms with Crippen molar-refractivity contribution in [2.24, 2.45) is 11.8 Å². The van der Waals surface area contributed by atoms with Crippen LogP contribution in [0.25, 0.3) is 0 Å². The summed E-state index contributed by atoms with van der Waals surface area (Å²) in [6, 6.07) is 10.6. The summed E-state index contributed by atoms with van der Waals surface area (Å²) in [5.41, 5.74) is 2.12. The molecule has 5 nitrogen and oxygen atoms in total. The summed E-state index contributed by atoms with van der Waals surface area (Å²) in [4.78, 5) is 2.82. The minimum absolute atomic E-state index is 0.177. The Morgan fingerprint density at radius 1 is 1.07 bits per heavy atom. The number of hydrogen-bond donors (Lipinski definition) is 1. The van der Waals surface area contributed by atoms with Crippen molar-refractivity contribution in [3.63, 3.8) is 0 Å². The van der Waals surface area contributed by atoms with Gasteiger partial charge in [0.1, 0.15) is 11.9 Å². The van der Waals surface area contributed by atoms with Gasteiger partial charge >= 0.3 is 0 Å². The SMILES string of the molecule is CS(=O)(=O)c1ccc(O[C@H]2c3cc(Cl)cc(Cl)c3C[C@@H]2N2CC3CNCC3C2)cc1. The Kier molecular flexibility index (Phi) is 5.27. The highest BCUT2D eigenvalue weighted by atomic mass is 35.5. The fourth-order valence-corrected chi connectivity index (χ4v) is 6.37. The molecule has 0 amide bonds. The van der Waals surface area contributed by atoms with Crippen LogP contribution in [0.3, 0.4) is 0 Å². The maximum Gasteiger partial charge on any atom is 0.175 e. The third kappa shape index (κ3) is 3.73. The van der Waals surface area contributed by atoms with Gasteiger partial charge in [0.05, 0.1) is 10.9 Å². The van der Waals surface area contributed by atoms with Crippen LogP contribution in [0.2, 0.25) is 10.0 Å². The van der Waals surface area contributed by atoms with E-state index in [2.05, 4.69) is 10.2 Å². The quantitative estimate of drug-likeness (QED) is 0.745. The molecular weight excluding hydrogens is 443 g/mol. The van der Waals surface area contributed by atoms with E-state index >= 15 is 0 Å². The lowest BCUT2D eigenvalue weighted by molar-refractivity contribution is 0.0890. The van der Waals surface area contributed by atoms with E-state index in [0.717, 1.165) is 43.7 Å². The minimum Gasteiger partial charge on any atom is -0.484 e. The predicted molar refractivity (Wildman–Crippen MR) is 118 cm³/mol. The number of nitrogens with one attached hydrogen (secondary N) is 1. The van der Waals surface area contributed by atoms with E-state index in [1.54, 1.807) is 30.3 Å². The Hall–Kier alpha value is -1.31. The van der Waals surface area contributed by atoms with E-state index in [0.29, 0.717) is 27.6 Å². The summed E-state index contributed by atoms with van der Waals surface area (Å²) in [7, 11) is -3.24. The van der Waals surface area contributed by atoms with Gasteiger partial charge in [-0.2, -0.15) is 0 Å². The fourth-order valence-electron chi connectivity index (χ4n) is 5.15. The molecule has 2 heterocycles. The van der Waals surface area contributed by atoms with Crippen molar-refractivity contribution in [1.82, 2.24) is 10.2 Å². The smallest absolute Gasteiger partial charge is 0.175 e. The molecule has 3 aliphatic rings. The van der Waals surface area contributed by atoms with Crippen LogP contribution >= 0.6 is 23.2 Å². The van der Waals surface area contributed by atoms with E-state index in [9.17, 15) is 8.42 Å². The largest absolute Gasteiger partial charge is 0.484 e. The molecule has 0 spiro atoms. The molecule has 2 aromatic carbocycles. The molecular formula is C22H24Cl2N2O3S. The molecule has 5 rings (SSSR count). The Morgan fingerprint density at radius 3 is 2.37 bits per heavy atom. The maximum absolute atomic E-state index is 11.8. The molecule has 1 N–H and O–H groups in total. The van der Waals surface area contributed by atoms with Gasteiger partial charge < -0.3 is 10.1 Å². The molecule has 2 saturated heterocycles. The highest BCUT2D eigenvalue weighted by molar-refractivity contribution is 7.90. The highest BCUT2D eigenvalue weighted by Crippen LogP contribution is 2.44. The summed E-state index contributed by atoms with van der Waals surface area (Å²) < 4.78 is 30.0. The highest BCUT2D eigenvalue weighted by Gasteiger charge is 2.45. The number of halogens is 2. The van der Waals surface area contributed by atoms with Crippen LogP contribution in [-0.4, -0.2) is 51.8 Å². The Morgan fingerprint density at radius 2 is 1.73 bits per heavy atom. The zero-order valence-electron chi connectivity index (χ0n) is 16.6. The second-order valence-corrected chi connectivity index (χ2v) is 11.5. The molecule has 0 radical (unpaired) electrons. The lowest BCUT2D eigenvalue weighted by Gasteiger charge is -2.31. The molecule has 0 bridgehead atoms. The van der Waals surface area contributed by atoms with Crippen LogP contribution in [0.1, 0.15) is 17.2 Å². The van der Waals surface area contributed by atoms with Crippen LogP contribution in [-0.2, 0) is 16.3 Å². The predicted octanol–water partition coefficient (Wildman–Crippen LogP) is 3.59. The lowest BCUT2D eigenvalue weighted by Crippen LogP contribution is -2.40. The molecule has 8 heteroatoms. The Balaban J connectivity index is 1.46. The van der Waals surface area contributed by atoms with Crippen molar-refractivity contribution in [3.05, 3.63) is 57.6 Å². The molecule has 2 fully saturated rings. The van der Waals surface area contributed by atoms with Crippen LogP contribution < -0.4 is 10.1 Å². The topological polar surface area (TPSA) is 58.6 Å². The molecule has 2 aromatic rings. The minimum atomic E-state index is -3.24. The number of rotatable bonds is 4. The molecule has 2 aliphatic heterocycles. The van der Waals surface area contributed by atoms with Crippen LogP contribution in [0, 0.1) is 11.8 Å². The number of hydrogen-bond acceptors (Lipinski definition) is 5. The summed E-state index contributed by atoms with van der Waals surface area (Å²) in [5, 5.41) is 4.77. The molecule has 30 heavy (non-hydrogen) atoms. The van der Waals surface area contributed by atoms with E-state index < -0.39 is 9.84 Å². The van der Waals surface area contributed by atoms with Gasteiger partial charge in [-0.15, -0.1) is 0 Å². The molecule has 1 aliphatic carbocycles. The average Bonchev–Trinajstić information content (AvgIpc) is 3.35. The maximum atomic E-state index is 11.8. The molecule has 0 aromatic heterocycles. The van der Waals surface area contributed by atoms with E-state index in [4.69, 9.17) is 27.9 Å². The number of sulfone groups is 1. The lowest BCUT2D eigenvalue weighted by atomic mass is 10.0. The Labute approximate surface area is 187 Å². The van der Waals surface area contributed by atoms with Crippen molar-refractivity contribution >= 4 is 33.0 Å². The second-order valence-electron chi connectivity index (χ2n) is 8.64. The Bertz CT molecular complexity index is 1060. The first-order chi connectivity index (χ1) is 14.3. The van der Waals surface area contributed by atoms with Crippen LogP contribution in [0.15, 0.2) is 41.3 Å². The number of fused-ring (bicyclic) bond motifs is 2. The molecule has 0 saturated carbocycles. The van der Waals surface area contributed by atoms with Gasteiger partial charge in [-0.1, -0.05) is 23.2 Å². The fraction of sp³-hybridized carbons (Fsp3) is 0.455. The third-order valence-electron chi connectivity index (χ3n) is 6.67. The van der Waals surface area contributed by atoms with Gasteiger partial charge in [-0.25, -0.2) is 8.42 Å². The van der Waals surface area contributed by atoms with Crippen molar-refractivity contribution < 1.29 is 13.2 Å². The van der Waals surface area contributed by atoms with Crippen molar-refractivity contribution in [2.75, 3.05) is 32.4 Å². The van der Waals surface area contributed by atoms with Crippen LogP contribution in [0.4, 0.5) is 0 Å². The van der Waals surface area contributed by atoms with Gasteiger partial charge in [-0.05, 0) is 73.3 Å². The average molecular weight is 467 g/mol. The number of benzene rings is 2. The van der Waals surface area contributed by atoms with Crippen molar-refractivity contribution in [3.8, 4) is 5.75 Å². The normalized spacial score (nSPS) is 28.5. The van der Waals surface area contributed by atoms with E-state index in [1.165, 1.54) is 6.26 Å². The van der Waals surface area contributed by atoms with Gasteiger partial charge in [0, 0.05) is 35.0 Å². The zero-order valence-corrected chi connectivity index (χ0v) is 19.0. The molecule has 2 unspecified atom stereocenters. The third-order valence-corrected chi connectivity index (χ3v) is 8.35. The number of nitrogens with zero attached hydrogens (tertiary/aromatic N) is 1. The first kappa shape index (κ1) is 20.6. The van der Waals surface area contributed by atoms with Crippen molar-refractivity contribution in [1.29, 1.82) is 0 Å². The second kappa shape index (κ2) is 7.68. The van der Waals surface area contributed by atoms with Gasteiger partial charge in [-0.3, -0.25) is 4.90 Å². The van der Waals surface area contributed by atoms with Gasteiger partial charge in [0.15, 0.2) is 9.84 Å². The number of ether oxygens (including phenoxy) is 1. The molecule has 160 valence electrons. The van der Waals surface area contributed by atoms with E-state index in [1.807, 2.05) is 6.07 Å². The standard InChI is InChI=1S/C22H24Cl2N2O3S/c1-30(27,28)17-4-2-16(3-5-17)29-22-19-6-15(23)7-20(24)18(19)8-21(22)26-11-13-9-25-10-14(13)12-26/h2-7,13-14,21-22,25H,8-12H2,1H3/t13?,14?,21-,22-/m0/s1.